The van der Waals surface area contributed by atoms with E-state index in [1.807, 2.05) is 0 Å². The van der Waals surface area contributed by atoms with Crippen molar-refractivity contribution in [1.29, 1.82) is 5.41 Å². The number of rotatable bonds is 4. The molecule has 3 nitrogen and oxygen atoms in total. The first kappa shape index (κ1) is 7.59. The zero-order valence-electron chi connectivity index (χ0n) is 4.93. The van der Waals surface area contributed by atoms with Crippen LogP contribution in [0.1, 0.15) is 19.3 Å². The van der Waals surface area contributed by atoms with Crippen LogP contribution in [0.3, 0.4) is 0 Å². The minimum atomic E-state index is -0.199. The summed E-state index contributed by atoms with van der Waals surface area (Å²) in [5.41, 5.74) is 10.5. The molecule has 0 aliphatic heterocycles. The molecule has 0 aliphatic rings. The highest BCUT2D eigenvalue weighted by molar-refractivity contribution is 5.52. The molecule has 8 heavy (non-hydrogen) atoms. The van der Waals surface area contributed by atoms with Gasteiger partial charge in [-0.15, -0.1) is 0 Å². The monoisotopic (exact) mass is 115 g/mol. The molecular weight excluding hydrogens is 102 g/mol. The van der Waals surface area contributed by atoms with Gasteiger partial charge in [0.1, 0.15) is 0 Å². The molecule has 0 radical (unpaired) electrons. The molecule has 3 heteroatoms. The van der Waals surface area contributed by atoms with Gasteiger partial charge in [0.25, 0.3) is 0 Å². The summed E-state index contributed by atoms with van der Waals surface area (Å²) >= 11 is 0. The Balaban J connectivity index is 2.81. The van der Waals surface area contributed by atoms with E-state index in [4.69, 9.17) is 16.9 Å². The summed E-state index contributed by atoms with van der Waals surface area (Å²) in [6, 6.07) is 0. The third-order valence-electron chi connectivity index (χ3n) is 0.886. The Kier molecular flexibility index (Phi) is 4.50. The van der Waals surface area contributed by atoms with Gasteiger partial charge in [0.05, 0.1) is 6.17 Å². The van der Waals surface area contributed by atoms with Crippen molar-refractivity contribution < 1.29 is 0 Å². The molecule has 0 aromatic carbocycles. The van der Waals surface area contributed by atoms with E-state index in [0.717, 1.165) is 19.3 Å². The van der Waals surface area contributed by atoms with Crippen molar-refractivity contribution in [3.63, 3.8) is 0 Å². The highest BCUT2D eigenvalue weighted by atomic mass is 14.8. The molecule has 0 fully saturated rings. The van der Waals surface area contributed by atoms with Crippen molar-refractivity contribution in [2.45, 2.75) is 25.4 Å². The molecule has 0 atom stereocenters. The third-order valence-corrected chi connectivity index (χ3v) is 0.886. The number of unbranched alkanes of at least 4 members (excludes halogenated alkanes) is 1. The van der Waals surface area contributed by atoms with Crippen LogP contribution in [-0.2, 0) is 0 Å². The zero-order valence-corrected chi connectivity index (χ0v) is 4.93. The molecule has 0 bridgehead atoms. The Morgan fingerprint density at radius 2 is 2.12 bits per heavy atom. The topological polar surface area (TPSA) is 75.9 Å². The van der Waals surface area contributed by atoms with Crippen molar-refractivity contribution in [3.8, 4) is 0 Å². The average molecular weight is 115 g/mol. The lowest BCUT2D eigenvalue weighted by Crippen LogP contribution is -2.29. The van der Waals surface area contributed by atoms with Gasteiger partial charge in [0.15, 0.2) is 0 Å². The second-order valence-electron chi connectivity index (χ2n) is 1.80. The van der Waals surface area contributed by atoms with Crippen LogP contribution in [-0.4, -0.2) is 12.4 Å². The minimum absolute atomic E-state index is 0.199. The molecule has 0 amide bonds. The predicted octanol–water partition coefficient (Wildman–Crippen LogP) is 0.0498. The van der Waals surface area contributed by atoms with Crippen LogP contribution in [0.25, 0.3) is 0 Å². The molecule has 0 spiro atoms. The smallest absolute Gasteiger partial charge is 0.0520 e. The Hall–Kier alpha value is -0.410. The zero-order chi connectivity index (χ0) is 6.41. The van der Waals surface area contributed by atoms with Gasteiger partial charge >= 0.3 is 0 Å². The highest BCUT2D eigenvalue weighted by Crippen LogP contribution is 1.91. The lowest BCUT2D eigenvalue weighted by molar-refractivity contribution is 0.615. The summed E-state index contributed by atoms with van der Waals surface area (Å²) in [5.74, 6) is 0. The van der Waals surface area contributed by atoms with Crippen LogP contribution < -0.4 is 11.5 Å². The standard InChI is InChI=1S/C5H13N3/c6-4-2-1-3-5(7)8/h4-6H,1-3,7-8H2. The molecule has 0 saturated heterocycles. The molecule has 0 aromatic rings. The van der Waals surface area contributed by atoms with Crippen LogP contribution in [0, 0.1) is 5.41 Å². The summed E-state index contributed by atoms with van der Waals surface area (Å²) in [7, 11) is 0. The van der Waals surface area contributed by atoms with E-state index < -0.39 is 0 Å². The summed E-state index contributed by atoms with van der Waals surface area (Å²) < 4.78 is 0. The molecular formula is C5H13N3. The number of hydrogen-bond acceptors (Lipinski definition) is 3. The van der Waals surface area contributed by atoms with Gasteiger partial charge in [-0.2, -0.15) is 0 Å². The summed E-state index contributed by atoms with van der Waals surface area (Å²) in [4.78, 5) is 0. The Morgan fingerprint density at radius 3 is 2.50 bits per heavy atom. The third kappa shape index (κ3) is 5.59. The van der Waals surface area contributed by atoms with Crippen molar-refractivity contribution in [2.24, 2.45) is 11.5 Å². The second-order valence-corrected chi connectivity index (χ2v) is 1.80. The SMILES string of the molecule is N=CCCCC(N)N. The predicted molar refractivity (Wildman–Crippen MR) is 34.8 cm³/mol. The fraction of sp³-hybridized carbons (Fsp3) is 0.800. The lowest BCUT2D eigenvalue weighted by Gasteiger charge is -2.00. The van der Waals surface area contributed by atoms with Crippen molar-refractivity contribution >= 4 is 6.21 Å². The van der Waals surface area contributed by atoms with Gasteiger partial charge in [-0.05, 0) is 25.5 Å². The normalized spacial score (nSPS) is 9.88. The van der Waals surface area contributed by atoms with Crippen LogP contribution >= 0.6 is 0 Å². The van der Waals surface area contributed by atoms with Crippen LogP contribution in [0.4, 0.5) is 0 Å². The van der Waals surface area contributed by atoms with E-state index in [2.05, 4.69) is 0 Å². The van der Waals surface area contributed by atoms with Crippen LogP contribution in [0.15, 0.2) is 0 Å². The Labute approximate surface area is 49.6 Å². The van der Waals surface area contributed by atoms with Crippen molar-refractivity contribution in [3.05, 3.63) is 0 Å². The first-order chi connectivity index (χ1) is 3.77. The Morgan fingerprint density at radius 1 is 1.50 bits per heavy atom. The van der Waals surface area contributed by atoms with E-state index in [1.54, 1.807) is 0 Å². The first-order valence-corrected chi connectivity index (χ1v) is 2.77. The van der Waals surface area contributed by atoms with E-state index in [1.165, 1.54) is 6.21 Å². The molecule has 0 aromatic heterocycles. The average Bonchev–Trinajstić information content (AvgIpc) is 1.66. The maximum absolute atomic E-state index is 6.64. The van der Waals surface area contributed by atoms with Crippen molar-refractivity contribution in [1.82, 2.24) is 0 Å². The molecule has 5 N–H and O–H groups in total. The maximum Gasteiger partial charge on any atom is 0.0520 e. The Bertz CT molecular complexity index is 60.7. The molecule has 0 saturated carbocycles. The van der Waals surface area contributed by atoms with E-state index in [0.29, 0.717) is 0 Å². The fourth-order valence-electron chi connectivity index (χ4n) is 0.456. The summed E-state index contributed by atoms with van der Waals surface area (Å²) in [5, 5.41) is 6.64. The van der Waals surface area contributed by atoms with Gasteiger partial charge in [-0.3, -0.25) is 0 Å². The quantitative estimate of drug-likeness (QED) is 0.275. The molecule has 0 heterocycles. The van der Waals surface area contributed by atoms with Gasteiger partial charge in [-0.1, -0.05) is 0 Å². The molecule has 48 valence electrons. The second kappa shape index (κ2) is 4.74. The van der Waals surface area contributed by atoms with E-state index >= 15 is 0 Å². The largest absolute Gasteiger partial charge is 0.316 e. The molecule has 0 unspecified atom stereocenters. The van der Waals surface area contributed by atoms with Gasteiger partial charge in [0.2, 0.25) is 0 Å². The van der Waals surface area contributed by atoms with E-state index in [9.17, 15) is 0 Å². The van der Waals surface area contributed by atoms with E-state index in [-0.39, 0.29) is 6.17 Å². The highest BCUT2D eigenvalue weighted by Gasteiger charge is 1.90. The molecule has 0 rings (SSSR count). The summed E-state index contributed by atoms with van der Waals surface area (Å²) in [6.07, 6.45) is 3.72. The maximum atomic E-state index is 6.64. The first-order valence-electron chi connectivity index (χ1n) is 2.77. The van der Waals surface area contributed by atoms with Gasteiger partial charge in [-0.25, -0.2) is 0 Å². The fourth-order valence-corrected chi connectivity index (χ4v) is 0.456. The van der Waals surface area contributed by atoms with Gasteiger partial charge in [0, 0.05) is 0 Å². The lowest BCUT2D eigenvalue weighted by atomic mass is 10.2. The van der Waals surface area contributed by atoms with Crippen molar-refractivity contribution in [2.75, 3.05) is 0 Å². The number of nitrogens with two attached hydrogens (primary N) is 2. The number of hydrogen-bond donors (Lipinski definition) is 3. The summed E-state index contributed by atoms with van der Waals surface area (Å²) in [6.45, 7) is 0. The van der Waals surface area contributed by atoms with Gasteiger partial charge < -0.3 is 16.9 Å². The number of nitrogens with one attached hydrogen (secondary N) is 1. The van der Waals surface area contributed by atoms with Crippen LogP contribution in [0.2, 0.25) is 0 Å². The minimum Gasteiger partial charge on any atom is -0.316 e. The van der Waals surface area contributed by atoms with Crippen LogP contribution in [0.5, 0.6) is 0 Å². The molecule has 0 aliphatic carbocycles.